The number of rotatable bonds is 4. The molecule has 0 atom stereocenters. The molecule has 0 saturated heterocycles. The van der Waals surface area contributed by atoms with Gasteiger partial charge in [-0.25, -0.2) is 4.98 Å². The van der Waals surface area contributed by atoms with Gasteiger partial charge < -0.3 is 4.90 Å². The lowest BCUT2D eigenvalue weighted by molar-refractivity contribution is 0.0683. The van der Waals surface area contributed by atoms with Gasteiger partial charge >= 0.3 is 0 Å². The lowest BCUT2D eigenvalue weighted by Crippen LogP contribution is -2.36. The molecule has 2 aromatic rings. The molecule has 1 aromatic heterocycles. The van der Waals surface area contributed by atoms with Crippen LogP contribution in [-0.2, 0) is 6.54 Å². The Labute approximate surface area is 119 Å². The second kappa shape index (κ2) is 6.28. The van der Waals surface area contributed by atoms with Crippen LogP contribution in [0.25, 0.3) is 0 Å². The SMILES string of the molecule is Cc1cnc(C(=O)N(Cc2ccccc2)C(C)C)cn1. The van der Waals surface area contributed by atoms with Crippen molar-refractivity contribution in [1.82, 2.24) is 14.9 Å². The molecule has 1 aromatic carbocycles. The molecule has 0 unspecified atom stereocenters. The molecular weight excluding hydrogens is 250 g/mol. The lowest BCUT2D eigenvalue weighted by Gasteiger charge is -2.26. The first-order valence-corrected chi connectivity index (χ1v) is 6.71. The first kappa shape index (κ1) is 14.2. The Morgan fingerprint density at radius 3 is 2.40 bits per heavy atom. The maximum absolute atomic E-state index is 12.5. The van der Waals surface area contributed by atoms with Crippen molar-refractivity contribution in [3.8, 4) is 0 Å². The zero-order valence-electron chi connectivity index (χ0n) is 12.1. The molecule has 1 amide bonds. The van der Waals surface area contributed by atoms with E-state index in [1.807, 2.05) is 51.1 Å². The van der Waals surface area contributed by atoms with Gasteiger partial charge in [0, 0.05) is 18.8 Å². The van der Waals surface area contributed by atoms with Gasteiger partial charge in [-0.2, -0.15) is 0 Å². The Morgan fingerprint density at radius 1 is 1.15 bits per heavy atom. The minimum Gasteiger partial charge on any atom is -0.331 e. The number of hydrogen-bond donors (Lipinski definition) is 0. The summed E-state index contributed by atoms with van der Waals surface area (Å²) >= 11 is 0. The standard InChI is InChI=1S/C16H19N3O/c1-12(2)19(11-14-7-5-4-6-8-14)16(20)15-10-17-13(3)9-18-15/h4-10,12H,11H2,1-3H3. The summed E-state index contributed by atoms with van der Waals surface area (Å²) in [6, 6.07) is 10.1. The quantitative estimate of drug-likeness (QED) is 0.857. The number of aryl methyl sites for hydroxylation is 1. The average molecular weight is 269 g/mol. The molecular formula is C16H19N3O. The van der Waals surface area contributed by atoms with Crippen LogP contribution < -0.4 is 0 Å². The van der Waals surface area contributed by atoms with E-state index >= 15 is 0 Å². The molecule has 0 bridgehead atoms. The fourth-order valence-electron chi connectivity index (χ4n) is 1.92. The number of aromatic nitrogens is 2. The van der Waals surface area contributed by atoms with Crippen molar-refractivity contribution in [3.05, 3.63) is 59.7 Å². The smallest absolute Gasteiger partial charge is 0.274 e. The number of nitrogens with zero attached hydrogens (tertiary/aromatic N) is 3. The highest BCUT2D eigenvalue weighted by molar-refractivity contribution is 5.92. The largest absolute Gasteiger partial charge is 0.331 e. The Kier molecular flexibility index (Phi) is 4.45. The molecule has 1 heterocycles. The third-order valence-electron chi connectivity index (χ3n) is 3.08. The highest BCUT2D eigenvalue weighted by Gasteiger charge is 2.20. The Balaban J connectivity index is 2.20. The predicted molar refractivity (Wildman–Crippen MR) is 78.2 cm³/mol. The van der Waals surface area contributed by atoms with Crippen LogP contribution in [0.4, 0.5) is 0 Å². The monoisotopic (exact) mass is 269 g/mol. The number of benzene rings is 1. The summed E-state index contributed by atoms with van der Waals surface area (Å²) in [5.74, 6) is -0.0867. The number of amides is 1. The highest BCUT2D eigenvalue weighted by atomic mass is 16.2. The van der Waals surface area contributed by atoms with Crippen LogP contribution in [0.15, 0.2) is 42.7 Å². The van der Waals surface area contributed by atoms with Crippen molar-refractivity contribution in [1.29, 1.82) is 0 Å². The molecule has 0 aliphatic carbocycles. The van der Waals surface area contributed by atoms with Crippen LogP contribution in [0.5, 0.6) is 0 Å². The number of hydrogen-bond acceptors (Lipinski definition) is 3. The molecule has 104 valence electrons. The number of carbonyl (C=O) groups excluding carboxylic acids is 1. The summed E-state index contributed by atoms with van der Waals surface area (Å²) in [7, 11) is 0. The maximum atomic E-state index is 12.5. The van der Waals surface area contributed by atoms with Crippen LogP contribution in [0.1, 0.15) is 35.6 Å². The third kappa shape index (κ3) is 3.41. The Bertz CT molecular complexity index is 564. The molecule has 4 heteroatoms. The fraction of sp³-hybridized carbons (Fsp3) is 0.312. The van der Waals surface area contributed by atoms with Gasteiger partial charge in [0.05, 0.1) is 11.9 Å². The van der Waals surface area contributed by atoms with Crippen LogP contribution in [0.3, 0.4) is 0 Å². The third-order valence-corrected chi connectivity index (χ3v) is 3.08. The number of carbonyl (C=O) groups is 1. The normalized spacial score (nSPS) is 10.6. The van der Waals surface area contributed by atoms with Gasteiger partial charge in [-0.3, -0.25) is 9.78 Å². The van der Waals surface area contributed by atoms with Crippen molar-refractivity contribution in [2.75, 3.05) is 0 Å². The summed E-state index contributed by atoms with van der Waals surface area (Å²) < 4.78 is 0. The lowest BCUT2D eigenvalue weighted by atomic mass is 10.2. The van der Waals surface area contributed by atoms with Crippen LogP contribution in [-0.4, -0.2) is 26.8 Å². The van der Waals surface area contributed by atoms with E-state index < -0.39 is 0 Å². The summed E-state index contributed by atoms with van der Waals surface area (Å²) in [6.07, 6.45) is 3.16. The van der Waals surface area contributed by atoms with E-state index in [-0.39, 0.29) is 11.9 Å². The predicted octanol–water partition coefficient (Wildman–Crippen LogP) is 2.84. The maximum Gasteiger partial charge on any atom is 0.274 e. The van der Waals surface area contributed by atoms with Crippen LogP contribution >= 0.6 is 0 Å². The van der Waals surface area contributed by atoms with Gasteiger partial charge in [-0.1, -0.05) is 30.3 Å². The van der Waals surface area contributed by atoms with Crippen molar-refractivity contribution < 1.29 is 4.79 Å². The van der Waals surface area contributed by atoms with Gasteiger partial charge in [0.15, 0.2) is 0 Å². The fourth-order valence-corrected chi connectivity index (χ4v) is 1.92. The van der Waals surface area contributed by atoms with Crippen LogP contribution in [0, 0.1) is 6.92 Å². The molecule has 0 N–H and O–H groups in total. The van der Waals surface area contributed by atoms with Crippen LogP contribution in [0.2, 0.25) is 0 Å². The van der Waals surface area contributed by atoms with Crippen molar-refractivity contribution >= 4 is 5.91 Å². The molecule has 2 rings (SSSR count). The van der Waals surface area contributed by atoms with E-state index in [4.69, 9.17) is 0 Å². The minimum absolute atomic E-state index is 0.0867. The average Bonchev–Trinajstić information content (AvgIpc) is 2.45. The Morgan fingerprint density at radius 2 is 1.85 bits per heavy atom. The minimum atomic E-state index is -0.0867. The second-order valence-electron chi connectivity index (χ2n) is 5.06. The van der Waals surface area contributed by atoms with Crippen molar-refractivity contribution in [2.45, 2.75) is 33.4 Å². The summed E-state index contributed by atoms with van der Waals surface area (Å²) in [5.41, 5.74) is 2.30. The van der Waals surface area contributed by atoms with E-state index in [0.29, 0.717) is 12.2 Å². The zero-order valence-corrected chi connectivity index (χ0v) is 12.1. The molecule has 0 saturated carbocycles. The molecule has 0 aliphatic heterocycles. The van der Waals surface area contributed by atoms with Gasteiger partial charge in [0.1, 0.15) is 5.69 Å². The molecule has 0 spiro atoms. The molecule has 0 aliphatic rings. The molecule has 0 fully saturated rings. The first-order valence-electron chi connectivity index (χ1n) is 6.71. The van der Waals surface area contributed by atoms with E-state index in [0.717, 1.165) is 11.3 Å². The van der Waals surface area contributed by atoms with Gasteiger partial charge in [-0.15, -0.1) is 0 Å². The summed E-state index contributed by atoms with van der Waals surface area (Å²) in [6.45, 7) is 6.43. The summed E-state index contributed by atoms with van der Waals surface area (Å²) in [5, 5.41) is 0. The van der Waals surface area contributed by atoms with Crippen molar-refractivity contribution in [3.63, 3.8) is 0 Å². The first-order chi connectivity index (χ1) is 9.58. The topological polar surface area (TPSA) is 46.1 Å². The van der Waals surface area contributed by atoms with E-state index in [9.17, 15) is 4.79 Å². The van der Waals surface area contributed by atoms with Gasteiger partial charge in [-0.05, 0) is 26.3 Å². The highest BCUT2D eigenvalue weighted by Crippen LogP contribution is 2.11. The second-order valence-corrected chi connectivity index (χ2v) is 5.06. The van der Waals surface area contributed by atoms with Gasteiger partial charge in [0.25, 0.3) is 5.91 Å². The summed E-state index contributed by atoms with van der Waals surface area (Å²) in [4.78, 5) is 22.6. The van der Waals surface area contributed by atoms with Gasteiger partial charge in [0.2, 0.25) is 0 Å². The zero-order chi connectivity index (χ0) is 14.5. The molecule has 0 radical (unpaired) electrons. The molecule has 4 nitrogen and oxygen atoms in total. The van der Waals surface area contributed by atoms with Crippen molar-refractivity contribution in [2.24, 2.45) is 0 Å². The van der Waals surface area contributed by atoms with E-state index in [2.05, 4.69) is 9.97 Å². The molecule has 20 heavy (non-hydrogen) atoms. The Hall–Kier alpha value is -2.23. The van der Waals surface area contributed by atoms with E-state index in [1.54, 1.807) is 11.1 Å². The van der Waals surface area contributed by atoms with E-state index in [1.165, 1.54) is 6.20 Å².